The van der Waals surface area contributed by atoms with Crippen molar-refractivity contribution in [3.05, 3.63) is 66.3 Å². The Morgan fingerprint density at radius 1 is 0.917 bits per heavy atom. The van der Waals surface area contributed by atoms with Crippen molar-refractivity contribution in [2.75, 3.05) is 26.2 Å². The Bertz CT molecular complexity index is 1080. The lowest BCUT2D eigenvalue weighted by molar-refractivity contribution is 0.181. The summed E-state index contributed by atoms with van der Waals surface area (Å²) in [5.74, 6) is 1.74. The van der Waals surface area contributed by atoms with Gasteiger partial charge in [0, 0.05) is 37.9 Å². The standard InChI is InChI=1S/C26H41N7O2S/c1-4-17-32(18-5-2)19-7-6-12-31-36(34,35)24-10-8-23(9-11-24)20-33(21-25-27-13-14-28-25)22(3)26-29-15-16-30-26/h8-11,13-16,22,31H,4-7,12,17-21H2,1-3H3,(H,27,28)(H,29,30). The lowest BCUT2D eigenvalue weighted by atomic mass is 10.1. The quantitative estimate of drug-likeness (QED) is 0.234. The zero-order valence-corrected chi connectivity index (χ0v) is 22.6. The van der Waals surface area contributed by atoms with Crippen LogP contribution in [-0.4, -0.2) is 64.3 Å². The summed E-state index contributed by atoms with van der Waals surface area (Å²) in [6.07, 6.45) is 11.2. The van der Waals surface area contributed by atoms with E-state index in [2.05, 4.69) is 55.2 Å². The Morgan fingerprint density at radius 3 is 2.22 bits per heavy atom. The topological polar surface area (TPSA) is 110 Å². The fourth-order valence-electron chi connectivity index (χ4n) is 4.31. The highest BCUT2D eigenvalue weighted by Crippen LogP contribution is 2.22. The lowest BCUT2D eigenvalue weighted by Gasteiger charge is -2.27. The van der Waals surface area contributed by atoms with Crippen LogP contribution in [0.5, 0.6) is 0 Å². The van der Waals surface area contributed by atoms with Crippen molar-refractivity contribution < 1.29 is 8.42 Å². The van der Waals surface area contributed by atoms with E-state index in [1.54, 1.807) is 24.5 Å². The maximum absolute atomic E-state index is 12.8. The molecule has 2 aromatic heterocycles. The fraction of sp³-hybridized carbons (Fsp3) is 0.538. The van der Waals surface area contributed by atoms with Crippen LogP contribution in [0.1, 0.15) is 69.7 Å². The molecule has 0 aliphatic rings. The number of nitrogens with one attached hydrogen (secondary N) is 3. The monoisotopic (exact) mass is 515 g/mol. The minimum absolute atomic E-state index is 0.0285. The van der Waals surface area contributed by atoms with Crippen LogP contribution in [0.4, 0.5) is 0 Å². The van der Waals surface area contributed by atoms with Gasteiger partial charge in [0.1, 0.15) is 11.6 Å². The molecule has 2 heterocycles. The minimum Gasteiger partial charge on any atom is -0.348 e. The van der Waals surface area contributed by atoms with Crippen LogP contribution >= 0.6 is 0 Å². The van der Waals surface area contributed by atoms with Crippen LogP contribution in [-0.2, 0) is 23.1 Å². The van der Waals surface area contributed by atoms with E-state index in [0.717, 1.165) is 62.5 Å². The minimum atomic E-state index is -3.53. The molecule has 0 saturated carbocycles. The predicted octanol–water partition coefficient (Wildman–Crippen LogP) is 4.08. The van der Waals surface area contributed by atoms with Crippen LogP contribution in [0, 0.1) is 0 Å². The van der Waals surface area contributed by atoms with E-state index < -0.39 is 10.0 Å². The maximum Gasteiger partial charge on any atom is 0.240 e. The first-order valence-corrected chi connectivity index (χ1v) is 14.4. The third-order valence-corrected chi connectivity index (χ3v) is 7.74. The van der Waals surface area contributed by atoms with Gasteiger partial charge in [-0.05, 0) is 69.9 Å². The van der Waals surface area contributed by atoms with Crippen molar-refractivity contribution in [1.82, 2.24) is 34.5 Å². The molecule has 9 nitrogen and oxygen atoms in total. The molecule has 3 rings (SSSR count). The number of benzene rings is 1. The maximum atomic E-state index is 12.8. The van der Waals surface area contributed by atoms with Crippen molar-refractivity contribution >= 4 is 10.0 Å². The molecular formula is C26H41N7O2S. The van der Waals surface area contributed by atoms with E-state index in [9.17, 15) is 8.42 Å². The van der Waals surface area contributed by atoms with E-state index in [1.807, 2.05) is 24.5 Å². The number of imidazole rings is 2. The van der Waals surface area contributed by atoms with Gasteiger partial charge in [-0.1, -0.05) is 26.0 Å². The molecule has 0 aliphatic carbocycles. The molecule has 0 amide bonds. The van der Waals surface area contributed by atoms with Gasteiger partial charge in [-0.15, -0.1) is 0 Å². The number of aromatic amines is 2. The highest BCUT2D eigenvalue weighted by atomic mass is 32.2. The van der Waals surface area contributed by atoms with Gasteiger partial charge in [0.05, 0.1) is 17.5 Å². The van der Waals surface area contributed by atoms with Crippen molar-refractivity contribution in [3.63, 3.8) is 0 Å². The number of sulfonamides is 1. The van der Waals surface area contributed by atoms with Crippen molar-refractivity contribution in [3.8, 4) is 0 Å². The molecule has 3 N–H and O–H groups in total. The summed E-state index contributed by atoms with van der Waals surface area (Å²) in [6, 6.07) is 7.16. The summed E-state index contributed by atoms with van der Waals surface area (Å²) < 4.78 is 28.3. The number of nitrogens with zero attached hydrogens (tertiary/aromatic N) is 4. The third kappa shape index (κ3) is 8.55. The smallest absolute Gasteiger partial charge is 0.240 e. The van der Waals surface area contributed by atoms with Gasteiger partial charge in [0.25, 0.3) is 0 Å². The highest BCUT2D eigenvalue weighted by molar-refractivity contribution is 7.89. The van der Waals surface area contributed by atoms with Gasteiger partial charge in [-0.2, -0.15) is 0 Å². The molecule has 0 fully saturated rings. The number of unbranched alkanes of at least 4 members (excludes halogenated alkanes) is 1. The number of hydrogen-bond acceptors (Lipinski definition) is 6. The molecule has 1 aromatic carbocycles. The molecule has 1 unspecified atom stereocenters. The summed E-state index contributed by atoms with van der Waals surface area (Å²) in [6.45, 7) is 11.4. The first-order valence-electron chi connectivity index (χ1n) is 13.0. The van der Waals surface area contributed by atoms with Gasteiger partial charge in [-0.3, -0.25) is 4.90 Å². The fourth-order valence-corrected chi connectivity index (χ4v) is 5.39. The first kappa shape index (κ1) is 28.0. The molecule has 0 bridgehead atoms. The molecule has 1 atom stereocenters. The van der Waals surface area contributed by atoms with Gasteiger partial charge in [0.2, 0.25) is 10.0 Å². The van der Waals surface area contributed by atoms with Crippen molar-refractivity contribution in [1.29, 1.82) is 0 Å². The third-order valence-electron chi connectivity index (χ3n) is 6.26. The van der Waals surface area contributed by atoms with Gasteiger partial charge < -0.3 is 14.9 Å². The van der Waals surface area contributed by atoms with Crippen LogP contribution in [0.2, 0.25) is 0 Å². The first-order chi connectivity index (χ1) is 17.4. The molecule has 0 aliphatic heterocycles. The van der Waals surface area contributed by atoms with Gasteiger partial charge in [-0.25, -0.2) is 23.1 Å². The molecule has 0 saturated heterocycles. The molecule has 10 heteroatoms. The van der Waals surface area contributed by atoms with Crippen molar-refractivity contribution in [2.24, 2.45) is 0 Å². The second kappa shape index (κ2) is 14.3. The summed E-state index contributed by atoms with van der Waals surface area (Å²) in [5.41, 5.74) is 1.02. The van der Waals surface area contributed by atoms with Crippen molar-refractivity contribution in [2.45, 2.75) is 70.5 Å². The van der Waals surface area contributed by atoms with E-state index in [-0.39, 0.29) is 6.04 Å². The Morgan fingerprint density at radius 2 is 1.61 bits per heavy atom. The number of H-pyrrole nitrogens is 2. The predicted molar refractivity (Wildman–Crippen MR) is 143 cm³/mol. The summed E-state index contributed by atoms with van der Waals surface area (Å²) in [7, 11) is -3.53. The van der Waals surface area contributed by atoms with E-state index in [0.29, 0.717) is 24.5 Å². The summed E-state index contributed by atoms with van der Waals surface area (Å²) in [4.78, 5) is 20.1. The Labute approximate surface area is 215 Å². The highest BCUT2D eigenvalue weighted by Gasteiger charge is 2.20. The average molecular weight is 516 g/mol. The SMILES string of the molecule is CCCN(CCC)CCCCNS(=O)(=O)c1ccc(CN(Cc2ncc[nH]2)C(C)c2ncc[nH]2)cc1. The van der Waals surface area contributed by atoms with E-state index >= 15 is 0 Å². The summed E-state index contributed by atoms with van der Waals surface area (Å²) in [5, 5.41) is 0. The number of hydrogen-bond donors (Lipinski definition) is 3. The van der Waals surface area contributed by atoms with E-state index in [1.165, 1.54) is 0 Å². The average Bonchev–Trinajstić information content (AvgIpc) is 3.58. The van der Waals surface area contributed by atoms with Crippen LogP contribution < -0.4 is 4.72 Å². The number of rotatable bonds is 17. The van der Waals surface area contributed by atoms with Crippen LogP contribution in [0.3, 0.4) is 0 Å². The van der Waals surface area contributed by atoms with Crippen LogP contribution in [0.15, 0.2) is 53.9 Å². The molecule has 198 valence electrons. The van der Waals surface area contributed by atoms with Crippen LogP contribution in [0.25, 0.3) is 0 Å². The van der Waals surface area contributed by atoms with Gasteiger partial charge in [0.15, 0.2) is 0 Å². The molecule has 36 heavy (non-hydrogen) atoms. The second-order valence-electron chi connectivity index (χ2n) is 9.18. The molecule has 0 radical (unpaired) electrons. The summed E-state index contributed by atoms with van der Waals surface area (Å²) >= 11 is 0. The Balaban J connectivity index is 1.55. The molecule has 3 aromatic rings. The number of aromatic nitrogens is 4. The van der Waals surface area contributed by atoms with Gasteiger partial charge >= 0.3 is 0 Å². The Hall–Kier alpha value is -2.53. The molecular weight excluding hydrogens is 474 g/mol. The van der Waals surface area contributed by atoms with E-state index in [4.69, 9.17) is 0 Å². The zero-order chi connectivity index (χ0) is 25.8. The molecule has 0 spiro atoms. The normalized spacial score (nSPS) is 13.0. The second-order valence-corrected chi connectivity index (χ2v) is 10.9. The largest absolute Gasteiger partial charge is 0.348 e. The lowest BCUT2D eigenvalue weighted by Crippen LogP contribution is -2.29. The Kier molecular flexibility index (Phi) is 11.1. The zero-order valence-electron chi connectivity index (χ0n) is 21.8.